The maximum Gasteiger partial charge on any atom is 0.218 e. The monoisotopic (exact) mass is 551 g/mol. The summed E-state index contributed by atoms with van der Waals surface area (Å²) >= 11 is 6.53. The molecule has 7 nitrogen and oxygen atoms in total. The van der Waals surface area contributed by atoms with Crippen LogP contribution in [0.3, 0.4) is 0 Å². The lowest BCUT2D eigenvalue weighted by Crippen LogP contribution is -2.49. The van der Waals surface area contributed by atoms with Gasteiger partial charge in [-0.2, -0.15) is 0 Å². The number of hydrogen-bond acceptors (Lipinski definition) is 6. The van der Waals surface area contributed by atoms with Gasteiger partial charge in [0, 0.05) is 81.6 Å². The fourth-order valence-electron chi connectivity index (χ4n) is 4.77. The first-order chi connectivity index (χ1) is 18.6. The summed E-state index contributed by atoms with van der Waals surface area (Å²) in [5.74, 6) is -0.560. The highest BCUT2D eigenvalue weighted by atomic mass is 35.5. The average Bonchev–Trinajstić information content (AvgIpc) is 2.91. The predicted molar refractivity (Wildman–Crippen MR) is 157 cm³/mol. The quantitative estimate of drug-likeness (QED) is 0.360. The molecule has 0 spiro atoms. The van der Waals surface area contributed by atoms with Gasteiger partial charge in [0.1, 0.15) is 11.6 Å². The highest BCUT2D eigenvalue weighted by Gasteiger charge is 2.22. The third kappa shape index (κ3) is 6.34. The molecule has 0 aliphatic carbocycles. The minimum absolute atomic E-state index is 0.0683. The van der Waals surface area contributed by atoms with Crippen LogP contribution in [0.1, 0.15) is 19.5 Å². The number of benzene rings is 2. The van der Waals surface area contributed by atoms with E-state index in [1.54, 1.807) is 41.7 Å². The van der Waals surface area contributed by atoms with Crippen molar-refractivity contribution in [1.29, 1.82) is 0 Å². The van der Waals surface area contributed by atoms with Crippen molar-refractivity contribution in [3.63, 3.8) is 0 Å². The van der Waals surface area contributed by atoms with E-state index in [1.807, 2.05) is 27.1 Å². The van der Waals surface area contributed by atoms with Gasteiger partial charge < -0.3 is 14.9 Å². The van der Waals surface area contributed by atoms with Crippen molar-refractivity contribution in [3.05, 3.63) is 71.5 Å². The molecule has 3 aromatic rings. The van der Waals surface area contributed by atoms with Gasteiger partial charge in [0.2, 0.25) is 6.41 Å². The summed E-state index contributed by atoms with van der Waals surface area (Å²) in [6.07, 6.45) is 5.63. The van der Waals surface area contributed by atoms with E-state index >= 15 is 0 Å². The zero-order chi connectivity index (χ0) is 28.3. The Bertz CT molecular complexity index is 1370. The molecule has 1 saturated heterocycles. The summed E-state index contributed by atoms with van der Waals surface area (Å²) in [4.78, 5) is 24.1. The zero-order valence-electron chi connectivity index (χ0n) is 23.0. The van der Waals surface area contributed by atoms with E-state index < -0.39 is 5.82 Å². The molecule has 2 aromatic carbocycles. The highest BCUT2D eigenvalue weighted by molar-refractivity contribution is 6.34. The normalized spacial score (nSPS) is 14.3. The smallest absolute Gasteiger partial charge is 0.218 e. The van der Waals surface area contributed by atoms with Crippen LogP contribution in [-0.2, 0) is 4.79 Å². The molecule has 0 atom stereocenters. The van der Waals surface area contributed by atoms with E-state index in [2.05, 4.69) is 28.6 Å². The van der Waals surface area contributed by atoms with E-state index in [4.69, 9.17) is 11.6 Å². The molecule has 1 aliphatic rings. The van der Waals surface area contributed by atoms with Crippen LogP contribution in [0.25, 0.3) is 22.3 Å². The van der Waals surface area contributed by atoms with Crippen molar-refractivity contribution < 1.29 is 14.3 Å². The summed E-state index contributed by atoms with van der Waals surface area (Å²) in [6.45, 7) is 10.0. The minimum Gasteiger partial charge on any atom is -0.507 e. The molecular formula is C30H35ClFN5O2. The molecule has 2 heterocycles. The van der Waals surface area contributed by atoms with Gasteiger partial charge in [-0.05, 0) is 56.7 Å². The summed E-state index contributed by atoms with van der Waals surface area (Å²) in [5, 5.41) is 11.6. The maximum absolute atomic E-state index is 14.9. The van der Waals surface area contributed by atoms with Gasteiger partial charge in [-0.3, -0.25) is 19.6 Å². The minimum atomic E-state index is -0.492. The fraction of sp³-hybridized carbons (Fsp3) is 0.333. The number of anilines is 2. The molecule has 0 radical (unpaired) electrons. The lowest BCUT2D eigenvalue weighted by atomic mass is 9.97. The number of pyridine rings is 1. The zero-order valence-corrected chi connectivity index (χ0v) is 23.8. The number of aromatic nitrogens is 1. The number of nitrogens with zero attached hydrogens (tertiary/aromatic N) is 5. The number of halogens is 2. The first-order valence-corrected chi connectivity index (χ1v) is 13.3. The molecule has 1 N–H and O–H groups in total. The topological polar surface area (TPSA) is 63.2 Å². The maximum atomic E-state index is 14.9. The molecular weight excluding hydrogens is 517 g/mol. The highest BCUT2D eigenvalue weighted by Crippen LogP contribution is 2.42. The van der Waals surface area contributed by atoms with Crippen molar-refractivity contribution in [2.24, 2.45) is 0 Å². The Kier molecular flexibility index (Phi) is 8.77. The number of aromatic hydroxyl groups is 1. The summed E-state index contributed by atoms with van der Waals surface area (Å²) < 4.78 is 14.9. The standard InChI is InChI=1S/C30H35ClFN5O2/c1-20(2)35-10-12-36(13-11-35)29-15-23(18-33-21(29)3)26-17-24(32)16-25(30(26)39)22-6-7-28(27(31)14-22)37(19-38)9-8-34(4)5/h6-9,14-20,39H,10-13H2,1-5H3/b9-8-. The van der Waals surface area contributed by atoms with Gasteiger partial charge in [0.15, 0.2) is 0 Å². The van der Waals surface area contributed by atoms with E-state index in [-0.39, 0.29) is 10.8 Å². The Balaban J connectivity index is 1.68. The van der Waals surface area contributed by atoms with Crippen LogP contribution in [0.4, 0.5) is 15.8 Å². The predicted octanol–water partition coefficient (Wildman–Crippen LogP) is 5.75. The van der Waals surface area contributed by atoms with Crippen LogP contribution in [-0.4, -0.2) is 72.6 Å². The van der Waals surface area contributed by atoms with Gasteiger partial charge >= 0.3 is 0 Å². The van der Waals surface area contributed by atoms with Gasteiger partial charge in [-0.1, -0.05) is 17.7 Å². The van der Waals surface area contributed by atoms with Crippen LogP contribution in [0.5, 0.6) is 5.75 Å². The lowest BCUT2D eigenvalue weighted by Gasteiger charge is -2.38. The first-order valence-electron chi connectivity index (χ1n) is 13.0. The fourth-order valence-corrected chi connectivity index (χ4v) is 5.05. The van der Waals surface area contributed by atoms with Crippen molar-refractivity contribution >= 4 is 29.4 Å². The number of carbonyl (C=O) groups excluding carboxylic acids is 1. The average molecular weight is 552 g/mol. The third-order valence-corrected chi connectivity index (χ3v) is 7.31. The molecule has 4 rings (SSSR count). The van der Waals surface area contributed by atoms with Gasteiger partial charge in [-0.25, -0.2) is 4.39 Å². The summed E-state index contributed by atoms with van der Waals surface area (Å²) in [5.41, 5.74) is 4.13. The van der Waals surface area contributed by atoms with Crippen LogP contribution in [0.15, 0.2) is 55.0 Å². The van der Waals surface area contributed by atoms with Gasteiger partial charge in [0.05, 0.1) is 22.1 Å². The number of amides is 1. The van der Waals surface area contributed by atoms with Crippen LogP contribution >= 0.6 is 11.6 Å². The molecule has 9 heteroatoms. The number of phenols is 1. The molecule has 1 aliphatic heterocycles. The van der Waals surface area contributed by atoms with Crippen molar-refractivity contribution in [2.45, 2.75) is 26.8 Å². The third-order valence-electron chi connectivity index (χ3n) is 7.01. The van der Waals surface area contributed by atoms with Crippen LogP contribution < -0.4 is 9.80 Å². The molecule has 0 unspecified atom stereocenters. The van der Waals surface area contributed by atoms with Gasteiger partial charge in [-0.15, -0.1) is 0 Å². The molecule has 39 heavy (non-hydrogen) atoms. The van der Waals surface area contributed by atoms with Crippen molar-refractivity contribution in [2.75, 3.05) is 50.1 Å². The molecule has 0 saturated carbocycles. The number of piperazine rings is 1. The van der Waals surface area contributed by atoms with Crippen molar-refractivity contribution in [1.82, 2.24) is 14.8 Å². The Morgan fingerprint density at radius 3 is 2.28 bits per heavy atom. The van der Waals surface area contributed by atoms with E-state index in [9.17, 15) is 14.3 Å². The number of rotatable bonds is 8. The lowest BCUT2D eigenvalue weighted by molar-refractivity contribution is -0.106. The second-order valence-electron chi connectivity index (χ2n) is 10.2. The summed E-state index contributed by atoms with van der Waals surface area (Å²) in [7, 11) is 3.68. The van der Waals surface area contributed by atoms with Crippen LogP contribution in [0, 0.1) is 12.7 Å². The Morgan fingerprint density at radius 2 is 1.69 bits per heavy atom. The number of phenolic OH excluding ortho intramolecular Hbond substituents is 1. The Hall–Kier alpha value is -3.62. The largest absolute Gasteiger partial charge is 0.507 e. The van der Waals surface area contributed by atoms with Crippen molar-refractivity contribution in [3.8, 4) is 28.0 Å². The van der Waals surface area contributed by atoms with Gasteiger partial charge in [0.25, 0.3) is 0 Å². The molecule has 1 aromatic heterocycles. The number of hydrogen-bond donors (Lipinski definition) is 1. The molecule has 1 fully saturated rings. The van der Waals surface area contributed by atoms with E-state index in [0.29, 0.717) is 40.4 Å². The molecule has 206 valence electrons. The first kappa shape index (κ1) is 28.4. The van der Waals surface area contributed by atoms with Crippen LogP contribution in [0.2, 0.25) is 5.02 Å². The second kappa shape index (κ2) is 12.1. The second-order valence-corrected chi connectivity index (χ2v) is 10.6. The van der Waals surface area contributed by atoms with E-state index in [0.717, 1.165) is 37.6 Å². The summed E-state index contributed by atoms with van der Waals surface area (Å²) in [6, 6.07) is 10.1. The molecule has 0 bridgehead atoms. The number of aryl methyl sites for hydroxylation is 1. The molecule has 1 amide bonds. The SMILES string of the molecule is Cc1ncc(-c2cc(F)cc(-c3ccc(N(C=O)/C=C\N(C)C)c(Cl)c3)c2O)cc1N1CCN(C(C)C)CC1. The Labute approximate surface area is 234 Å². The Morgan fingerprint density at radius 1 is 1.03 bits per heavy atom. The van der Waals surface area contributed by atoms with E-state index in [1.165, 1.54) is 17.0 Å². The number of carbonyl (C=O) groups is 1.